The fraction of sp³-hybridized carbons (Fsp3) is 0.562. The first kappa shape index (κ1) is 14.5. The van der Waals surface area contributed by atoms with Gasteiger partial charge in [-0.1, -0.05) is 18.2 Å². The Balaban J connectivity index is 1.93. The molecule has 0 aliphatic carbocycles. The Morgan fingerprint density at radius 2 is 2.29 bits per heavy atom. The number of fused-ring (bicyclic) bond motifs is 1. The van der Waals surface area contributed by atoms with Crippen molar-refractivity contribution in [3.05, 3.63) is 30.0 Å². The van der Waals surface area contributed by atoms with Crippen molar-refractivity contribution in [1.29, 1.82) is 0 Å². The number of hydrogen-bond donors (Lipinski definition) is 2. The highest BCUT2D eigenvalue weighted by Crippen LogP contribution is 2.31. The summed E-state index contributed by atoms with van der Waals surface area (Å²) in [6.07, 6.45) is 2.91. The molecule has 1 saturated heterocycles. The summed E-state index contributed by atoms with van der Waals surface area (Å²) in [6, 6.07) is 8.44. The molecule has 21 heavy (non-hydrogen) atoms. The first-order chi connectivity index (χ1) is 10.2. The molecule has 1 aromatic heterocycles. The Kier molecular flexibility index (Phi) is 3.97. The summed E-state index contributed by atoms with van der Waals surface area (Å²) in [7, 11) is 0. The van der Waals surface area contributed by atoms with Crippen LogP contribution in [0.4, 0.5) is 0 Å². The van der Waals surface area contributed by atoms with Crippen LogP contribution in [0.15, 0.2) is 24.3 Å². The van der Waals surface area contributed by atoms with E-state index in [9.17, 15) is 0 Å². The lowest BCUT2D eigenvalue weighted by atomic mass is 9.89. The number of nitrogens with one attached hydrogen (secondary N) is 1. The third-order valence-electron chi connectivity index (χ3n) is 4.62. The zero-order chi connectivity index (χ0) is 14.9. The Morgan fingerprint density at radius 3 is 2.95 bits per heavy atom. The molecule has 2 heterocycles. The minimum absolute atomic E-state index is 0.0728. The molecule has 5 heteroatoms. The smallest absolute Gasteiger partial charge is 0.0824 e. The van der Waals surface area contributed by atoms with Crippen molar-refractivity contribution >= 4 is 10.9 Å². The SMILES string of the molecule is CCn1nc(CC(NN)C2(C)CCCO2)c2ccccc21. The molecule has 0 amide bonds. The highest BCUT2D eigenvalue weighted by atomic mass is 16.5. The minimum Gasteiger partial charge on any atom is -0.374 e. The van der Waals surface area contributed by atoms with E-state index < -0.39 is 0 Å². The predicted molar refractivity (Wildman–Crippen MR) is 83.8 cm³/mol. The largest absolute Gasteiger partial charge is 0.374 e. The summed E-state index contributed by atoms with van der Waals surface area (Å²) in [5.74, 6) is 5.80. The van der Waals surface area contributed by atoms with Crippen LogP contribution in [0.5, 0.6) is 0 Å². The fourth-order valence-electron chi connectivity index (χ4n) is 3.31. The number of hydrazine groups is 1. The lowest BCUT2D eigenvalue weighted by molar-refractivity contribution is -0.0117. The normalized spacial score (nSPS) is 23.8. The van der Waals surface area contributed by atoms with Crippen LogP contribution in [0.3, 0.4) is 0 Å². The van der Waals surface area contributed by atoms with Crippen molar-refractivity contribution in [3.63, 3.8) is 0 Å². The summed E-state index contributed by atoms with van der Waals surface area (Å²) < 4.78 is 7.99. The molecule has 1 aliphatic heterocycles. The zero-order valence-corrected chi connectivity index (χ0v) is 12.8. The molecule has 5 nitrogen and oxygen atoms in total. The predicted octanol–water partition coefficient (Wildman–Crippen LogP) is 2.00. The number of nitrogens with zero attached hydrogens (tertiary/aromatic N) is 2. The van der Waals surface area contributed by atoms with Crippen LogP contribution in [-0.2, 0) is 17.7 Å². The van der Waals surface area contributed by atoms with Gasteiger partial charge >= 0.3 is 0 Å². The van der Waals surface area contributed by atoms with E-state index in [4.69, 9.17) is 15.7 Å². The van der Waals surface area contributed by atoms with Gasteiger partial charge in [0, 0.05) is 25.0 Å². The third-order valence-corrected chi connectivity index (χ3v) is 4.62. The van der Waals surface area contributed by atoms with Gasteiger partial charge in [-0.25, -0.2) is 0 Å². The fourth-order valence-corrected chi connectivity index (χ4v) is 3.31. The Bertz CT molecular complexity index is 616. The molecule has 0 spiro atoms. The van der Waals surface area contributed by atoms with Crippen LogP contribution in [0, 0.1) is 0 Å². The molecule has 2 atom stereocenters. The molecular formula is C16H24N4O. The van der Waals surface area contributed by atoms with E-state index in [1.807, 2.05) is 0 Å². The van der Waals surface area contributed by atoms with Gasteiger partial charge in [0.05, 0.1) is 22.9 Å². The molecule has 2 aromatic rings. The second-order valence-corrected chi connectivity index (χ2v) is 5.97. The van der Waals surface area contributed by atoms with Gasteiger partial charge in [0.15, 0.2) is 0 Å². The third kappa shape index (κ3) is 2.57. The van der Waals surface area contributed by atoms with Gasteiger partial charge in [0.1, 0.15) is 0 Å². The molecule has 0 radical (unpaired) electrons. The monoisotopic (exact) mass is 288 g/mol. The van der Waals surface area contributed by atoms with Crippen LogP contribution in [0.1, 0.15) is 32.4 Å². The average Bonchev–Trinajstić information content (AvgIpc) is 3.09. The second-order valence-electron chi connectivity index (χ2n) is 5.97. The molecule has 1 fully saturated rings. The van der Waals surface area contributed by atoms with E-state index in [1.54, 1.807) is 0 Å². The van der Waals surface area contributed by atoms with E-state index in [0.717, 1.165) is 38.1 Å². The lowest BCUT2D eigenvalue weighted by Gasteiger charge is -2.32. The van der Waals surface area contributed by atoms with Crippen molar-refractivity contribution in [2.45, 2.75) is 51.3 Å². The van der Waals surface area contributed by atoms with E-state index in [0.29, 0.717) is 0 Å². The molecule has 0 saturated carbocycles. The number of ether oxygens (including phenoxy) is 1. The second kappa shape index (κ2) is 5.75. The number of para-hydroxylation sites is 1. The van der Waals surface area contributed by atoms with Gasteiger partial charge in [-0.05, 0) is 32.8 Å². The number of aromatic nitrogens is 2. The maximum atomic E-state index is 5.93. The summed E-state index contributed by atoms with van der Waals surface area (Å²) in [5, 5.41) is 5.97. The number of hydrogen-bond acceptors (Lipinski definition) is 4. The minimum atomic E-state index is -0.203. The summed E-state index contributed by atoms with van der Waals surface area (Å²) >= 11 is 0. The number of rotatable bonds is 5. The van der Waals surface area contributed by atoms with Crippen LogP contribution < -0.4 is 11.3 Å². The first-order valence-corrected chi connectivity index (χ1v) is 7.72. The molecule has 2 unspecified atom stereocenters. The topological polar surface area (TPSA) is 65.1 Å². The maximum absolute atomic E-state index is 5.93. The summed E-state index contributed by atoms with van der Waals surface area (Å²) in [4.78, 5) is 0. The van der Waals surface area contributed by atoms with Gasteiger partial charge < -0.3 is 4.74 Å². The zero-order valence-electron chi connectivity index (χ0n) is 12.8. The first-order valence-electron chi connectivity index (χ1n) is 7.72. The van der Waals surface area contributed by atoms with Crippen LogP contribution in [0.2, 0.25) is 0 Å². The van der Waals surface area contributed by atoms with Gasteiger partial charge in [0.2, 0.25) is 0 Å². The van der Waals surface area contributed by atoms with Crippen LogP contribution in [-0.4, -0.2) is 28.0 Å². The van der Waals surface area contributed by atoms with Crippen molar-refractivity contribution in [2.24, 2.45) is 5.84 Å². The van der Waals surface area contributed by atoms with E-state index >= 15 is 0 Å². The Labute approximate surface area is 125 Å². The molecule has 3 rings (SSSR count). The van der Waals surface area contributed by atoms with Gasteiger partial charge in [-0.3, -0.25) is 16.0 Å². The van der Waals surface area contributed by atoms with E-state index in [-0.39, 0.29) is 11.6 Å². The molecule has 3 N–H and O–H groups in total. The van der Waals surface area contributed by atoms with E-state index in [1.165, 1.54) is 10.9 Å². The quantitative estimate of drug-likeness (QED) is 0.652. The standard InChI is InChI=1S/C16H24N4O/c1-3-20-14-8-5-4-7-12(14)13(19-20)11-15(18-17)16(2)9-6-10-21-16/h4-5,7-8,15,18H,3,6,9-11,17H2,1-2H3. The average molecular weight is 288 g/mol. The van der Waals surface area contributed by atoms with Gasteiger partial charge in [0.25, 0.3) is 0 Å². The lowest BCUT2D eigenvalue weighted by Crippen LogP contribution is -2.52. The van der Waals surface area contributed by atoms with Crippen molar-refractivity contribution < 1.29 is 4.74 Å². The molecule has 1 aromatic carbocycles. The number of benzene rings is 1. The van der Waals surface area contributed by atoms with E-state index in [2.05, 4.69) is 48.2 Å². The highest BCUT2D eigenvalue weighted by Gasteiger charge is 2.38. The molecule has 1 aliphatic rings. The summed E-state index contributed by atoms with van der Waals surface area (Å²) in [6.45, 7) is 5.95. The Hall–Kier alpha value is -1.43. The van der Waals surface area contributed by atoms with Crippen LogP contribution >= 0.6 is 0 Å². The van der Waals surface area contributed by atoms with Gasteiger partial charge in [-0.2, -0.15) is 5.10 Å². The van der Waals surface area contributed by atoms with Crippen molar-refractivity contribution in [2.75, 3.05) is 6.61 Å². The van der Waals surface area contributed by atoms with Gasteiger partial charge in [-0.15, -0.1) is 0 Å². The van der Waals surface area contributed by atoms with Crippen LogP contribution in [0.25, 0.3) is 10.9 Å². The van der Waals surface area contributed by atoms with Crippen molar-refractivity contribution in [1.82, 2.24) is 15.2 Å². The maximum Gasteiger partial charge on any atom is 0.0824 e. The molecular weight excluding hydrogens is 264 g/mol. The molecule has 114 valence electrons. The Morgan fingerprint density at radius 1 is 1.48 bits per heavy atom. The number of nitrogens with two attached hydrogens (primary N) is 1. The number of aryl methyl sites for hydroxylation is 1. The van der Waals surface area contributed by atoms with Crippen molar-refractivity contribution in [3.8, 4) is 0 Å². The molecule has 0 bridgehead atoms. The summed E-state index contributed by atoms with van der Waals surface area (Å²) in [5.41, 5.74) is 5.02. The highest BCUT2D eigenvalue weighted by molar-refractivity contribution is 5.82.